The second-order valence-electron chi connectivity index (χ2n) is 3.25. The molecule has 0 bridgehead atoms. The van der Waals surface area contributed by atoms with Gasteiger partial charge in [-0.05, 0) is 26.0 Å². The highest BCUT2D eigenvalue weighted by Gasteiger charge is 2.16. The summed E-state index contributed by atoms with van der Waals surface area (Å²) in [5.41, 5.74) is 1.68. The summed E-state index contributed by atoms with van der Waals surface area (Å²) in [6.07, 6.45) is 3.10. The van der Waals surface area contributed by atoms with Gasteiger partial charge >= 0.3 is 0 Å². The number of aromatic nitrogens is 2. The van der Waals surface area contributed by atoms with E-state index in [4.69, 9.17) is 4.42 Å². The van der Waals surface area contributed by atoms with Crippen LogP contribution in [0.15, 0.2) is 29.0 Å². The lowest BCUT2D eigenvalue weighted by molar-refractivity contribution is 0.100. The van der Waals surface area contributed by atoms with Crippen molar-refractivity contribution in [1.82, 2.24) is 9.97 Å². The number of hydrogen-bond donors (Lipinski definition) is 0. The average molecular weight is 202 g/mol. The molecule has 4 heteroatoms. The number of carbonyl (C=O) groups is 1. The largest absolute Gasteiger partial charge is 0.461 e. The summed E-state index contributed by atoms with van der Waals surface area (Å²) in [6, 6.07) is 3.29. The van der Waals surface area contributed by atoms with Crippen LogP contribution in [0.25, 0.3) is 0 Å². The molecule has 15 heavy (non-hydrogen) atoms. The first-order valence-corrected chi connectivity index (χ1v) is 4.57. The zero-order chi connectivity index (χ0) is 10.8. The Hall–Kier alpha value is -1.97. The molecule has 4 nitrogen and oxygen atoms in total. The summed E-state index contributed by atoms with van der Waals surface area (Å²) in [6.45, 7) is 3.55. The van der Waals surface area contributed by atoms with Crippen LogP contribution in [0.3, 0.4) is 0 Å². The molecule has 0 fully saturated rings. The number of furan rings is 1. The van der Waals surface area contributed by atoms with Gasteiger partial charge in [-0.25, -0.2) is 4.98 Å². The van der Waals surface area contributed by atoms with Gasteiger partial charge in [-0.3, -0.25) is 9.78 Å². The maximum absolute atomic E-state index is 11.9. The van der Waals surface area contributed by atoms with Gasteiger partial charge in [0.15, 0.2) is 5.76 Å². The van der Waals surface area contributed by atoms with E-state index in [9.17, 15) is 4.79 Å². The zero-order valence-electron chi connectivity index (χ0n) is 8.52. The van der Waals surface area contributed by atoms with Gasteiger partial charge in [0.1, 0.15) is 5.69 Å². The summed E-state index contributed by atoms with van der Waals surface area (Å²) in [4.78, 5) is 20.1. The summed E-state index contributed by atoms with van der Waals surface area (Å²) >= 11 is 0. The van der Waals surface area contributed by atoms with Crippen LogP contribution in [-0.4, -0.2) is 15.8 Å². The highest BCUT2D eigenvalue weighted by Crippen LogP contribution is 2.10. The maximum Gasteiger partial charge on any atom is 0.248 e. The minimum Gasteiger partial charge on any atom is -0.461 e. The highest BCUT2D eigenvalue weighted by atomic mass is 16.3. The molecule has 76 valence electrons. The van der Waals surface area contributed by atoms with Crippen molar-refractivity contribution in [1.29, 1.82) is 0 Å². The van der Waals surface area contributed by atoms with Crippen LogP contribution in [0.5, 0.6) is 0 Å². The van der Waals surface area contributed by atoms with E-state index in [2.05, 4.69) is 9.97 Å². The van der Waals surface area contributed by atoms with Gasteiger partial charge in [0.2, 0.25) is 5.78 Å². The van der Waals surface area contributed by atoms with Gasteiger partial charge in [-0.1, -0.05) is 0 Å². The van der Waals surface area contributed by atoms with Gasteiger partial charge in [-0.2, -0.15) is 0 Å². The smallest absolute Gasteiger partial charge is 0.248 e. The quantitative estimate of drug-likeness (QED) is 0.698. The molecule has 0 radical (unpaired) electrons. The van der Waals surface area contributed by atoms with Crippen LogP contribution in [0.4, 0.5) is 0 Å². The fourth-order valence-electron chi connectivity index (χ4n) is 1.28. The van der Waals surface area contributed by atoms with Crippen LogP contribution >= 0.6 is 0 Å². The minimum absolute atomic E-state index is 0.228. The van der Waals surface area contributed by atoms with E-state index in [-0.39, 0.29) is 11.5 Å². The van der Waals surface area contributed by atoms with Gasteiger partial charge in [0.05, 0.1) is 17.7 Å². The van der Waals surface area contributed by atoms with Crippen molar-refractivity contribution in [2.75, 3.05) is 0 Å². The van der Waals surface area contributed by atoms with Crippen molar-refractivity contribution in [3.8, 4) is 0 Å². The molecule has 0 aliphatic heterocycles. The van der Waals surface area contributed by atoms with Gasteiger partial charge in [0, 0.05) is 6.20 Å². The molecule has 0 spiro atoms. The summed E-state index contributed by atoms with van der Waals surface area (Å²) < 4.78 is 5.03. The standard InChI is InChI=1S/C11H10N2O2/c1-7-6-12-8(2)10(13-7)11(14)9-4-3-5-15-9/h3-6H,1-2H3. The Bertz CT molecular complexity index is 489. The lowest BCUT2D eigenvalue weighted by Crippen LogP contribution is -2.08. The molecule has 2 rings (SSSR count). The molecule has 0 saturated heterocycles. The van der Waals surface area contributed by atoms with Crippen molar-refractivity contribution in [2.24, 2.45) is 0 Å². The van der Waals surface area contributed by atoms with Crippen LogP contribution in [-0.2, 0) is 0 Å². The third-order valence-corrected chi connectivity index (χ3v) is 2.04. The van der Waals surface area contributed by atoms with E-state index in [1.54, 1.807) is 32.2 Å². The first-order chi connectivity index (χ1) is 7.18. The molecule has 0 aliphatic rings. The summed E-state index contributed by atoms with van der Waals surface area (Å²) in [7, 11) is 0. The SMILES string of the molecule is Cc1cnc(C)c(C(=O)c2ccco2)n1. The van der Waals surface area contributed by atoms with E-state index in [1.165, 1.54) is 6.26 Å². The fourth-order valence-corrected chi connectivity index (χ4v) is 1.28. The lowest BCUT2D eigenvalue weighted by Gasteiger charge is -2.01. The molecule has 0 saturated carbocycles. The number of carbonyl (C=O) groups excluding carboxylic acids is 1. The number of nitrogens with zero attached hydrogens (tertiary/aromatic N) is 2. The van der Waals surface area contributed by atoms with Crippen molar-refractivity contribution >= 4 is 5.78 Å². The third kappa shape index (κ3) is 1.79. The third-order valence-electron chi connectivity index (χ3n) is 2.04. The predicted octanol–water partition coefficient (Wildman–Crippen LogP) is 1.92. The van der Waals surface area contributed by atoms with E-state index < -0.39 is 0 Å². The number of ketones is 1. The molecule has 0 aliphatic carbocycles. The van der Waals surface area contributed by atoms with Crippen molar-refractivity contribution < 1.29 is 9.21 Å². The molecule has 0 aromatic carbocycles. The number of rotatable bonds is 2. The van der Waals surface area contributed by atoms with Gasteiger partial charge in [0.25, 0.3) is 0 Å². The Morgan fingerprint density at radius 1 is 1.40 bits per heavy atom. The van der Waals surface area contributed by atoms with E-state index in [1.807, 2.05) is 0 Å². The molecule has 2 aromatic rings. The number of hydrogen-bond acceptors (Lipinski definition) is 4. The van der Waals surface area contributed by atoms with Crippen LogP contribution in [0, 0.1) is 13.8 Å². The van der Waals surface area contributed by atoms with Crippen molar-refractivity contribution in [2.45, 2.75) is 13.8 Å². The van der Waals surface area contributed by atoms with Crippen LogP contribution < -0.4 is 0 Å². The van der Waals surface area contributed by atoms with Crippen LogP contribution in [0.1, 0.15) is 27.6 Å². The first-order valence-electron chi connectivity index (χ1n) is 4.57. The Labute approximate surface area is 87.0 Å². The monoisotopic (exact) mass is 202 g/mol. The highest BCUT2D eigenvalue weighted by molar-refractivity contribution is 6.06. The maximum atomic E-state index is 11.9. The first kappa shape index (κ1) is 9.58. The van der Waals surface area contributed by atoms with E-state index >= 15 is 0 Å². The second-order valence-corrected chi connectivity index (χ2v) is 3.25. The van der Waals surface area contributed by atoms with Crippen molar-refractivity contribution in [3.05, 3.63) is 47.4 Å². The van der Waals surface area contributed by atoms with Gasteiger partial charge in [-0.15, -0.1) is 0 Å². The van der Waals surface area contributed by atoms with E-state index in [0.717, 1.165) is 5.69 Å². The molecule has 2 heterocycles. The summed E-state index contributed by atoms with van der Waals surface area (Å²) in [5, 5.41) is 0. The normalized spacial score (nSPS) is 10.3. The lowest BCUT2D eigenvalue weighted by atomic mass is 10.2. The predicted molar refractivity (Wildman–Crippen MR) is 53.6 cm³/mol. The molecule has 0 atom stereocenters. The van der Waals surface area contributed by atoms with Crippen LogP contribution in [0.2, 0.25) is 0 Å². The van der Waals surface area contributed by atoms with Crippen molar-refractivity contribution in [3.63, 3.8) is 0 Å². The zero-order valence-corrected chi connectivity index (χ0v) is 8.52. The fraction of sp³-hybridized carbons (Fsp3) is 0.182. The second kappa shape index (κ2) is 3.65. The Balaban J connectivity index is 2.46. The van der Waals surface area contributed by atoms with E-state index in [0.29, 0.717) is 11.4 Å². The Morgan fingerprint density at radius 2 is 2.20 bits per heavy atom. The molecule has 0 amide bonds. The van der Waals surface area contributed by atoms with Gasteiger partial charge < -0.3 is 4.42 Å². The molecular formula is C11H10N2O2. The average Bonchev–Trinajstić information content (AvgIpc) is 2.74. The molecule has 2 aromatic heterocycles. The molecular weight excluding hydrogens is 192 g/mol. The molecule has 0 unspecified atom stereocenters. The number of aryl methyl sites for hydroxylation is 2. The summed E-state index contributed by atoms with van der Waals surface area (Å²) in [5.74, 6) is 0.0618. The Morgan fingerprint density at radius 3 is 2.87 bits per heavy atom. The topological polar surface area (TPSA) is 56.0 Å². The Kier molecular flexibility index (Phi) is 2.33. The minimum atomic E-state index is -0.228. The molecule has 0 N–H and O–H groups in total.